The molecule has 0 saturated carbocycles. The van der Waals surface area contributed by atoms with E-state index < -0.39 is 5.82 Å². The number of aromatic nitrogens is 7. The number of rotatable bonds is 5. The average molecular weight is 523 g/mol. The van der Waals surface area contributed by atoms with Crippen molar-refractivity contribution >= 4 is 22.6 Å². The maximum Gasteiger partial charge on any atom is 0.282 e. The maximum atomic E-state index is 14.1. The number of nitrogens with one attached hydrogen (secondary N) is 1. The van der Waals surface area contributed by atoms with Crippen LogP contribution >= 0.6 is 0 Å². The van der Waals surface area contributed by atoms with E-state index in [9.17, 15) is 14.3 Å². The first-order valence-electron chi connectivity index (χ1n) is 12.2. The predicted octanol–water partition coefficient (Wildman–Crippen LogP) is 4.54. The van der Waals surface area contributed by atoms with Crippen molar-refractivity contribution in [3.05, 3.63) is 78.3 Å². The van der Waals surface area contributed by atoms with Gasteiger partial charge in [-0.15, -0.1) is 0 Å². The molecule has 0 fully saturated rings. The molecule has 10 nitrogen and oxygen atoms in total. The lowest BCUT2D eigenvalue weighted by Crippen LogP contribution is -2.16. The Morgan fingerprint density at radius 3 is 2.64 bits per heavy atom. The Bertz CT molecular complexity index is 1820. The van der Waals surface area contributed by atoms with Gasteiger partial charge >= 0.3 is 0 Å². The fourth-order valence-electron chi connectivity index (χ4n) is 4.46. The number of aromatic hydroxyl groups is 1. The van der Waals surface area contributed by atoms with Gasteiger partial charge < -0.3 is 10.0 Å². The van der Waals surface area contributed by atoms with Gasteiger partial charge in [-0.2, -0.15) is 5.10 Å². The van der Waals surface area contributed by atoms with Gasteiger partial charge in [-0.1, -0.05) is 13.0 Å². The summed E-state index contributed by atoms with van der Waals surface area (Å²) in [6, 6.07) is 10.2. The molecule has 11 heteroatoms. The summed E-state index contributed by atoms with van der Waals surface area (Å²) < 4.78 is 15.5. The van der Waals surface area contributed by atoms with E-state index in [0.717, 1.165) is 22.0 Å². The Morgan fingerprint density at radius 1 is 1.08 bits per heavy atom. The third kappa shape index (κ3) is 4.23. The topological polar surface area (TPSA) is 126 Å². The van der Waals surface area contributed by atoms with Gasteiger partial charge in [0.25, 0.3) is 5.91 Å². The van der Waals surface area contributed by atoms with Gasteiger partial charge in [0.05, 0.1) is 23.6 Å². The molecule has 0 unspecified atom stereocenters. The zero-order valence-corrected chi connectivity index (χ0v) is 21.3. The van der Waals surface area contributed by atoms with Crippen LogP contribution in [0.4, 0.5) is 10.2 Å². The van der Waals surface area contributed by atoms with E-state index in [0.29, 0.717) is 40.7 Å². The first kappa shape index (κ1) is 24.2. The number of carbonyl (C=O) groups is 1. The number of hydrogen-bond acceptors (Lipinski definition) is 8. The van der Waals surface area contributed by atoms with Crippen LogP contribution in [0.2, 0.25) is 0 Å². The number of phenols is 1. The SMILES string of the molecule is CCc1cc(O)c(F)cc1-c1ccc2c(-c3nc4ccn(C(=O)c5cnc(N(C)C)cn5)cc-4n3)n[nH]c2c1. The molecular formula is C28H23FN8O2. The monoisotopic (exact) mass is 522 g/mol. The number of imidazole rings is 1. The van der Waals surface area contributed by atoms with Crippen molar-refractivity contribution in [2.24, 2.45) is 0 Å². The molecule has 0 amide bonds. The Kier molecular flexibility index (Phi) is 5.75. The molecular weight excluding hydrogens is 499 g/mol. The van der Waals surface area contributed by atoms with Crippen molar-refractivity contribution in [2.75, 3.05) is 19.0 Å². The summed E-state index contributed by atoms with van der Waals surface area (Å²) in [5.41, 5.74) is 4.97. The highest BCUT2D eigenvalue weighted by atomic mass is 19.1. The van der Waals surface area contributed by atoms with Crippen molar-refractivity contribution in [2.45, 2.75) is 13.3 Å². The third-order valence-corrected chi connectivity index (χ3v) is 6.56. The number of nitrogens with zero attached hydrogens (tertiary/aromatic N) is 7. The Hall–Kier alpha value is -5.19. The zero-order valence-electron chi connectivity index (χ0n) is 21.3. The van der Waals surface area contributed by atoms with Gasteiger partial charge in [0, 0.05) is 31.9 Å². The molecule has 0 atom stereocenters. The van der Waals surface area contributed by atoms with Gasteiger partial charge in [0.1, 0.15) is 22.9 Å². The first-order valence-corrected chi connectivity index (χ1v) is 12.2. The number of phenolic OH excluding ortho intramolecular Hbond substituents is 1. The molecule has 0 radical (unpaired) electrons. The molecule has 0 spiro atoms. The molecule has 2 aliphatic heterocycles. The lowest BCUT2D eigenvalue weighted by molar-refractivity contribution is 0.0954. The molecule has 2 aromatic carbocycles. The van der Waals surface area contributed by atoms with Crippen molar-refractivity contribution in [3.8, 4) is 39.8 Å². The second kappa shape index (κ2) is 9.28. The number of carbonyl (C=O) groups excluding carboxylic acids is 1. The molecule has 194 valence electrons. The first-order chi connectivity index (χ1) is 18.8. The van der Waals surface area contributed by atoms with E-state index in [1.807, 2.05) is 39.2 Å². The lowest BCUT2D eigenvalue weighted by Gasteiger charge is -2.11. The molecule has 0 aliphatic carbocycles. The molecule has 6 rings (SSSR count). The summed E-state index contributed by atoms with van der Waals surface area (Å²) >= 11 is 0. The Labute approximate surface area is 222 Å². The number of benzene rings is 2. The number of anilines is 1. The second-order valence-electron chi connectivity index (χ2n) is 9.28. The predicted molar refractivity (Wildman–Crippen MR) is 144 cm³/mol. The fraction of sp³-hybridized carbons (Fsp3) is 0.143. The van der Waals surface area contributed by atoms with E-state index in [1.54, 1.807) is 29.6 Å². The molecule has 0 saturated heterocycles. The van der Waals surface area contributed by atoms with Crippen molar-refractivity contribution in [1.82, 2.24) is 34.7 Å². The number of aromatic amines is 1. The summed E-state index contributed by atoms with van der Waals surface area (Å²) in [5.74, 6) is -0.307. The normalized spacial score (nSPS) is 11.4. The minimum Gasteiger partial charge on any atom is -0.505 e. The number of fused-ring (bicyclic) bond motifs is 2. The van der Waals surface area contributed by atoms with E-state index >= 15 is 0 Å². The molecule has 4 aromatic rings. The summed E-state index contributed by atoms with van der Waals surface area (Å²) in [6.07, 6.45) is 6.84. The van der Waals surface area contributed by atoms with Crippen molar-refractivity contribution in [3.63, 3.8) is 0 Å². The van der Waals surface area contributed by atoms with Crippen molar-refractivity contribution < 1.29 is 14.3 Å². The van der Waals surface area contributed by atoms with Gasteiger partial charge in [0.15, 0.2) is 17.4 Å². The highest BCUT2D eigenvalue weighted by Gasteiger charge is 2.20. The van der Waals surface area contributed by atoms with Gasteiger partial charge in [-0.05, 0) is 53.4 Å². The van der Waals surface area contributed by atoms with Crippen LogP contribution in [-0.4, -0.2) is 59.8 Å². The van der Waals surface area contributed by atoms with Gasteiger partial charge in [-0.25, -0.2) is 24.3 Å². The number of pyridine rings is 1. The van der Waals surface area contributed by atoms with Crippen LogP contribution in [0.1, 0.15) is 23.0 Å². The summed E-state index contributed by atoms with van der Waals surface area (Å²) in [7, 11) is 3.70. The Morgan fingerprint density at radius 2 is 1.90 bits per heavy atom. The fourth-order valence-corrected chi connectivity index (χ4v) is 4.46. The number of hydrogen-bond donors (Lipinski definition) is 2. The lowest BCUT2D eigenvalue weighted by atomic mass is 9.96. The highest BCUT2D eigenvalue weighted by Crippen LogP contribution is 2.34. The zero-order chi connectivity index (χ0) is 27.3. The van der Waals surface area contributed by atoms with E-state index in [2.05, 4.69) is 30.1 Å². The minimum absolute atomic E-state index is 0.207. The van der Waals surface area contributed by atoms with Crippen LogP contribution in [0, 0.1) is 5.82 Å². The average Bonchev–Trinajstić information content (AvgIpc) is 3.57. The molecule has 0 bridgehead atoms. The number of halogens is 1. The van der Waals surface area contributed by atoms with Crippen LogP contribution in [0.25, 0.3) is 44.9 Å². The Balaban J connectivity index is 1.33. The van der Waals surface area contributed by atoms with Gasteiger partial charge in [0.2, 0.25) is 0 Å². The molecule has 39 heavy (non-hydrogen) atoms. The largest absolute Gasteiger partial charge is 0.505 e. The second-order valence-corrected chi connectivity index (χ2v) is 9.28. The quantitative estimate of drug-likeness (QED) is 0.338. The van der Waals surface area contributed by atoms with Crippen LogP contribution in [0.3, 0.4) is 0 Å². The summed E-state index contributed by atoms with van der Waals surface area (Å²) in [5, 5.41) is 18.0. The smallest absolute Gasteiger partial charge is 0.282 e. The summed E-state index contributed by atoms with van der Waals surface area (Å²) in [4.78, 5) is 32.5. The molecule has 2 aromatic heterocycles. The van der Waals surface area contributed by atoms with E-state index in [4.69, 9.17) is 0 Å². The van der Waals surface area contributed by atoms with E-state index in [-0.39, 0.29) is 17.4 Å². The molecule has 2 aliphatic rings. The molecule has 4 heterocycles. The summed E-state index contributed by atoms with van der Waals surface area (Å²) in [6.45, 7) is 1.95. The number of H-pyrrole nitrogens is 1. The minimum atomic E-state index is -0.669. The number of aryl methyl sites for hydroxylation is 1. The van der Waals surface area contributed by atoms with Crippen LogP contribution < -0.4 is 4.90 Å². The van der Waals surface area contributed by atoms with Gasteiger partial charge in [-0.3, -0.25) is 14.5 Å². The maximum absolute atomic E-state index is 14.1. The molecule has 2 N–H and O–H groups in total. The third-order valence-electron chi connectivity index (χ3n) is 6.56. The standard InChI is InChI=1S/C28H23FN8O2/c1-4-15-10-24(38)19(29)11-18(15)16-5-6-17-21(9-16)34-35-26(17)27-32-20-7-8-37(14-23(20)33-27)28(39)22-12-31-25(13-30-22)36(2)3/h5-14,38H,4H2,1-3H3,(H,34,35). The highest BCUT2D eigenvalue weighted by molar-refractivity contribution is 5.96. The van der Waals surface area contributed by atoms with Crippen LogP contribution in [0.15, 0.2) is 61.2 Å². The van der Waals surface area contributed by atoms with Crippen molar-refractivity contribution in [1.29, 1.82) is 0 Å². The van der Waals surface area contributed by atoms with Crippen LogP contribution in [-0.2, 0) is 6.42 Å². The van der Waals surface area contributed by atoms with Crippen LogP contribution in [0.5, 0.6) is 5.75 Å². The van der Waals surface area contributed by atoms with E-state index in [1.165, 1.54) is 22.9 Å².